The number of hydrogen-bond donors (Lipinski definition) is 2. The largest absolute Gasteiger partial charge is 0.478 e. The van der Waals surface area contributed by atoms with Crippen molar-refractivity contribution in [2.24, 2.45) is 0 Å². The van der Waals surface area contributed by atoms with Crippen molar-refractivity contribution in [1.82, 2.24) is 15.6 Å². The van der Waals surface area contributed by atoms with Gasteiger partial charge in [0.15, 0.2) is 0 Å². The lowest BCUT2D eigenvalue weighted by molar-refractivity contribution is 0.237. The Labute approximate surface area is 138 Å². The van der Waals surface area contributed by atoms with Gasteiger partial charge in [-0.25, -0.2) is 9.78 Å². The number of aromatic nitrogens is 1. The van der Waals surface area contributed by atoms with E-state index in [9.17, 15) is 4.79 Å². The average Bonchev–Trinajstić information content (AvgIpc) is 2.93. The summed E-state index contributed by atoms with van der Waals surface area (Å²) in [5, 5.41) is 5.68. The van der Waals surface area contributed by atoms with E-state index in [0.29, 0.717) is 23.4 Å². The van der Waals surface area contributed by atoms with E-state index in [-0.39, 0.29) is 12.1 Å². The number of pyridine rings is 1. The Morgan fingerprint density at radius 3 is 2.95 bits per heavy atom. The maximum absolute atomic E-state index is 12.0. The van der Waals surface area contributed by atoms with Crippen LogP contribution in [0.2, 0.25) is 4.34 Å². The van der Waals surface area contributed by atoms with Crippen LogP contribution in [-0.2, 0) is 6.54 Å². The van der Waals surface area contributed by atoms with Gasteiger partial charge in [-0.1, -0.05) is 17.7 Å². The molecule has 2 rings (SSSR count). The Morgan fingerprint density at radius 1 is 1.45 bits per heavy atom. The van der Waals surface area contributed by atoms with Crippen LogP contribution in [0.25, 0.3) is 0 Å². The first-order valence-corrected chi connectivity index (χ1v) is 8.16. The standard InChI is InChI=1S/C15H18ClN3O2S/c1-3-21-14-11(5-4-8-17-14)9-18-15(20)19-10(2)12-6-7-13(16)22-12/h4-8,10H,3,9H2,1-2H3,(H2,18,19,20)/t10-/m0/s1. The predicted octanol–water partition coefficient (Wildman–Crippen LogP) is 3.76. The first-order chi connectivity index (χ1) is 10.6. The summed E-state index contributed by atoms with van der Waals surface area (Å²) in [5.74, 6) is 0.545. The molecule has 0 saturated heterocycles. The third-order valence-corrected chi connectivity index (χ3v) is 4.35. The maximum Gasteiger partial charge on any atom is 0.315 e. The summed E-state index contributed by atoms with van der Waals surface area (Å²) in [6.45, 7) is 4.70. The molecule has 2 aromatic rings. The molecule has 5 nitrogen and oxygen atoms in total. The molecule has 2 aromatic heterocycles. The van der Waals surface area contributed by atoms with E-state index in [1.165, 1.54) is 11.3 Å². The molecule has 0 radical (unpaired) electrons. The van der Waals surface area contributed by atoms with E-state index in [2.05, 4.69) is 15.6 Å². The lowest BCUT2D eigenvalue weighted by Gasteiger charge is -2.14. The molecule has 0 aliphatic heterocycles. The van der Waals surface area contributed by atoms with E-state index in [1.54, 1.807) is 6.20 Å². The molecule has 22 heavy (non-hydrogen) atoms. The van der Waals surface area contributed by atoms with Crippen molar-refractivity contribution in [3.63, 3.8) is 0 Å². The average molecular weight is 340 g/mol. The number of nitrogens with zero attached hydrogens (tertiary/aromatic N) is 1. The van der Waals surface area contributed by atoms with Crippen LogP contribution in [0.15, 0.2) is 30.5 Å². The van der Waals surface area contributed by atoms with Gasteiger partial charge < -0.3 is 15.4 Å². The van der Waals surface area contributed by atoms with Crippen molar-refractivity contribution in [3.8, 4) is 5.88 Å². The highest BCUT2D eigenvalue weighted by Crippen LogP contribution is 2.26. The molecule has 0 bridgehead atoms. The second kappa shape index (κ2) is 8.00. The molecule has 0 fully saturated rings. The molecule has 0 aliphatic carbocycles. The number of thiophene rings is 1. The third kappa shape index (κ3) is 4.61. The second-order valence-electron chi connectivity index (χ2n) is 4.59. The molecule has 2 amide bonds. The lowest BCUT2D eigenvalue weighted by Crippen LogP contribution is -2.36. The summed E-state index contributed by atoms with van der Waals surface area (Å²) < 4.78 is 6.14. The fourth-order valence-corrected chi connectivity index (χ4v) is 2.94. The normalized spacial score (nSPS) is 11.8. The zero-order valence-electron chi connectivity index (χ0n) is 12.4. The van der Waals surface area contributed by atoms with Gasteiger partial charge in [0.2, 0.25) is 5.88 Å². The molecule has 1 atom stereocenters. The van der Waals surface area contributed by atoms with Crippen molar-refractivity contribution >= 4 is 29.0 Å². The minimum Gasteiger partial charge on any atom is -0.478 e. The molecule has 2 N–H and O–H groups in total. The van der Waals surface area contributed by atoms with E-state index < -0.39 is 0 Å². The van der Waals surface area contributed by atoms with Crippen LogP contribution < -0.4 is 15.4 Å². The first-order valence-electron chi connectivity index (χ1n) is 6.96. The van der Waals surface area contributed by atoms with Gasteiger partial charge in [-0.3, -0.25) is 0 Å². The monoisotopic (exact) mass is 339 g/mol. The van der Waals surface area contributed by atoms with E-state index >= 15 is 0 Å². The summed E-state index contributed by atoms with van der Waals surface area (Å²) in [4.78, 5) is 17.1. The molecule has 118 valence electrons. The van der Waals surface area contributed by atoms with Crippen molar-refractivity contribution < 1.29 is 9.53 Å². The number of amides is 2. The molecule has 2 heterocycles. The van der Waals surface area contributed by atoms with Gasteiger partial charge >= 0.3 is 6.03 Å². The summed E-state index contributed by atoms with van der Waals surface area (Å²) in [7, 11) is 0. The predicted molar refractivity (Wildman–Crippen MR) is 88.5 cm³/mol. The summed E-state index contributed by atoms with van der Waals surface area (Å²) in [6.07, 6.45) is 1.66. The van der Waals surface area contributed by atoms with Crippen molar-refractivity contribution in [2.45, 2.75) is 26.4 Å². The smallest absolute Gasteiger partial charge is 0.315 e. The Morgan fingerprint density at radius 2 is 2.27 bits per heavy atom. The van der Waals surface area contributed by atoms with Crippen LogP contribution in [0.4, 0.5) is 4.79 Å². The Hall–Kier alpha value is -1.79. The van der Waals surface area contributed by atoms with E-state index in [0.717, 1.165) is 10.4 Å². The van der Waals surface area contributed by atoms with Gasteiger partial charge in [0, 0.05) is 23.2 Å². The molecule has 0 saturated carbocycles. The lowest BCUT2D eigenvalue weighted by atomic mass is 10.2. The zero-order chi connectivity index (χ0) is 15.9. The van der Waals surface area contributed by atoms with Crippen LogP contribution in [0.3, 0.4) is 0 Å². The number of halogens is 1. The Kier molecular flexibility index (Phi) is 6.03. The SMILES string of the molecule is CCOc1ncccc1CNC(=O)N[C@@H](C)c1ccc(Cl)s1. The van der Waals surface area contributed by atoms with Gasteiger partial charge in [-0.05, 0) is 32.0 Å². The highest BCUT2D eigenvalue weighted by atomic mass is 35.5. The highest BCUT2D eigenvalue weighted by Gasteiger charge is 2.12. The van der Waals surface area contributed by atoms with Crippen LogP contribution in [0.5, 0.6) is 5.88 Å². The molecule has 0 aliphatic rings. The number of nitrogens with one attached hydrogen (secondary N) is 2. The van der Waals surface area contributed by atoms with Gasteiger partial charge in [0.1, 0.15) is 0 Å². The number of hydrogen-bond acceptors (Lipinski definition) is 4. The van der Waals surface area contributed by atoms with Gasteiger partial charge in [0.25, 0.3) is 0 Å². The minimum atomic E-state index is -0.247. The fourth-order valence-electron chi connectivity index (χ4n) is 1.88. The number of urea groups is 1. The fraction of sp³-hybridized carbons (Fsp3) is 0.333. The van der Waals surface area contributed by atoms with Gasteiger partial charge in [0.05, 0.1) is 17.0 Å². The topological polar surface area (TPSA) is 63.2 Å². The summed E-state index contributed by atoms with van der Waals surface area (Å²) in [5.41, 5.74) is 0.839. The van der Waals surface area contributed by atoms with Crippen LogP contribution in [-0.4, -0.2) is 17.6 Å². The van der Waals surface area contributed by atoms with Crippen LogP contribution >= 0.6 is 22.9 Å². The molecular weight excluding hydrogens is 322 g/mol. The number of rotatable bonds is 6. The summed E-state index contributed by atoms with van der Waals surface area (Å²) >= 11 is 7.35. The van der Waals surface area contributed by atoms with Crippen LogP contribution in [0.1, 0.15) is 30.3 Å². The number of carbonyl (C=O) groups excluding carboxylic acids is 1. The Bertz CT molecular complexity index is 633. The maximum atomic E-state index is 12.0. The van der Waals surface area contributed by atoms with Gasteiger partial charge in [-0.15, -0.1) is 11.3 Å². The van der Waals surface area contributed by atoms with Gasteiger partial charge in [-0.2, -0.15) is 0 Å². The Balaban J connectivity index is 1.88. The number of ether oxygens (including phenoxy) is 1. The van der Waals surface area contributed by atoms with Crippen molar-refractivity contribution in [2.75, 3.05) is 6.61 Å². The molecular formula is C15H18ClN3O2S. The quantitative estimate of drug-likeness (QED) is 0.842. The third-order valence-electron chi connectivity index (χ3n) is 2.94. The first kappa shape index (κ1) is 16.6. The zero-order valence-corrected chi connectivity index (χ0v) is 14.0. The van der Waals surface area contributed by atoms with Crippen LogP contribution in [0, 0.1) is 0 Å². The van der Waals surface area contributed by atoms with Crippen molar-refractivity contribution in [3.05, 3.63) is 45.2 Å². The molecule has 7 heteroatoms. The number of carbonyl (C=O) groups is 1. The van der Waals surface area contributed by atoms with E-state index in [1.807, 2.05) is 38.1 Å². The molecule has 0 spiro atoms. The second-order valence-corrected chi connectivity index (χ2v) is 6.34. The highest BCUT2D eigenvalue weighted by molar-refractivity contribution is 7.16. The van der Waals surface area contributed by atoms with E-state index in [4.69, 9.17) is 16.3 Å². The molecule has 0 aromatic carbocycles. The summed E-state index contributed by atoms with van der Waals surface area (Å²) in [6, 6.07) is 7.07. The van der Waals surface area contributed by atoms with Crippen molar-refractivity contribution in [1.29, 1.82) is 0 Å². The molecule has 0 unspecified atom stereocenters. The minimum absolute atomic E-state index is 0.0993.